The SMILES string of the molecule is CCOC(=O)N1CCN(C(=O)CCC2NC(=O)N(c3cccc4ccccc34)C2=O)CC1. The van der Waals surface area contributed by atoms with E-state index in [0.29, 0.717) is 38.5 Å². The third kappa shape index (κ3) is 4.23. The monoisotopic (exact) mass is 438 g/mol. The third-order valence-corrected chi connectivity index (χ3v) is 5.83. The minimum Gasteiger partial charge on any atom is -0.450 e. The van der Waals surface area contributed by atoms with Crippen LogP contribution in [0, 0.1) is 0 Å². The van der Waals surface area contributed by atoms with Crippen LogP contribution in [0.2, 0.25) is 0 Å². The third-order valence-electron chi connectivity index (χ3n) is 5.83. The number of fused-ring (bicyclic) bond motifs is 1. The Balaban J connectivity index is 1.35. The number of carbonyl (C=O) groups is 4. The Labute approximate surface area is 185 Å². The molecule has 2 aromatic carbocycles. The molecule has 32 heavy (non-hydrogen) atoms. The molecule has 2 aliphatic heterocycles. The Morgan fingerprint density at radius 3 is 2.44 bits per heavy atom. The summed E-state index contributed by atoms with van der Waals surface area (Å²) in [5.74, 6) is -0.453. The van der Waals surface area contributed by atoms with Gasteiger partial charge >= 0.3 is 12.1 Å². The molecule has 5 amide bonds. The second-order valence-electron chi connectivity index (χ2n) is 7.78. The molecule has 4 rings (SSSR count). The lowest BCUT2D eigenvalue weighted by atomic mass is 10.1. The number of rotatable bonds is 5. The molecule has 0 saturated carbocycles. The first-order chi connectivity index (χ1) is 15.5. The molecular weight excluding hydrogens is 412 g/mol. The van der Waals surface area contributed by atoms with Gasteiger partial charge in [0, 0.05) is 38.0 Å². The maximum atomic E-state index is 13.0. The van der Waals surface area contributed by atoms with E-state index in [4.69, 9.17) is 4.74 Å². The number of imide groups is 1. The summed E-state index contributed by atoms with van der Waals surface area (Å²) in [6.07, 6.45) is -0.00483. The van der Waals surface area contributed by atoms with Gasteiger partial charge in [-0.2, -0.15) is 0 Å². The Morgan fingerprint density at radius 1 is 1.00 bits per heavy atom. The summed E-state index contributed by atoms with van der Waals surface area (Å²) in [6.45, 7) is 3.74. The van der Waals surface area contributed by atoms with Crippen molar-refractivity contribution in [2.75, 3.05) is 37.7 Å². The van der Waals surface area contributed by atoms with Crippen molar-refractivity contribution in [3.05, 3.63) is 42.5 Å². The molecule has 9 nitrogen and oxygen atoms in total. The van der Waals surface area contributed by atoms with E-state index in [0.717, 1.165) is 15.7 Å². The normalized spacial score (nSPS) is 18.8. The van der Waals surface area contributed by atoms with Gasteiger partial charge in [-0.05, 0) is 24.8 Å². The average Bonchev–Trinajstić information content (AvgIpc) is 3.10. The first-order valence-electron chi connectivity index (χ1n) is 10.8. The minimum absolute atomic E-state index is 0.0980. The molecule has 0 spiro atoms. The summed E-state index contributed by atoms with van der Waals surface area (Å²) in [4.78, 5) is 54.4. The fourth-order valence-corrected chi connectivity index (χ4v) is 4.14. The van der Waals surface area contributed by atoms with Crippen molar-refractivity contribution >= 4 is 40.4 Å². The number of ether oxygens (including phenoxy) is 1. The van der Waals surface area contributed by atoms with E-state index >= 15 is 0 Å². The zero-order valence-electron chi connectivity index (χ0n) is 18.0. The lowest BCUT2D eigenvalue weighted by molar-refractivity contribution is -0.133. The summed E-state index contributed by atoms with van der Waals surface area (Å²) in [7, 11) is 0. The van der Waals surface area contributed by atoms with Gasteiger partial charge in [-0.3, -0.25) is 9.59 Å². The molecule has 2 heterocycles. The molecule has 2 aromatic rings. The minimum atomic E-state index is -0.744. The van der Waals surface area contributed by atoms with Crippen LogP contribution >= 0.6 is 0 Å². The number of piperazine rings is 1. The van der Waals surface area contributed by atoms with Crippen LogP contribution in [0.1, 0.15) is 19.8 Å². The van der Waals surface area contributed by atoms with E-state index in [1.807, 2.05) is 36.4 Å². The first-order valence-corrected chi connectivity index (χ1v) is 10.8. The van der Waals surface area contributed by atoms with E-state index < -0.39 is 12.1 Å². The summed E-state index contributed by atoms with van der Waals surface area (Å²) in [6, 6.07) is 11.8. The predicted molar refractivity (Wildman–Crippen MR) is 118 cm³/mol. The number of amides is 5. The van der Waals surface area contributed by atoms with Crippen LogP contribution in [-0.2, 0) is 14.3 Å². The van der Waals surface area contributed by atoms with Gasteiger partial charge in [-0.25, -0.2) is 14.5 Å². The molecule has 1 atom stereocenters. The lowest BCUT2D eigenvalue weighted by Gasteiger charge is -2.34. The van der Waals surface area contributed by atoms with E-state index in [1.54, 1.807) is 22.8 Å². The highest BCUT2D eigenvalue weighted by Crippen LogP contribution is 2.29. The van der Waals surface area contributed by atoms with Gasteiger partial charge in [-0.15, -0.1) is 0 Å². The van der Waals surface area contributed by atoms with Crippen LogP contribution in [0.4, 0.5) is 15.3 Å². The summed E-state index contributed by atoms with van der Waals surface area (Å²) >= 11 is 0. The second-order valence-corrected chi connectivity index (χ2v) is 7.78. The standard InChI is InChI=1S/C23H26N4O5/c1-2-32-23(31)26-14-12-25(13-15-26)20(28)11-10-18-21(29)27(22(30)24-18)19-9-5-7-16-6-3-4-8-17(16)19/h3-9,18H,2,10-15H2,1H3,(H,24,30). The Bertz CT molecular complexity index is 1040. The van der Waals surface area contributed by atoms with Crippen molar-refractivity contribution in [3.8, 4) is 0 Å². The number of hydrogen-bond acceptors (Lipinski definition) is 5. The summed E-state index contributed by atoms with van der Waals surface area (Å²) in [5, 5.41) is 4.46. The molecule has 168 valence electrons. The van der Waals surface area contributed by atoms with Crippen LogP contribution in [0.25, 0.3) is 10.8 Å². The molecule has 0 radical (unpaired) electrons. The van der Waals surface area contributed by atoms with Crippen molar-refractivity contribution in [1.29, 1.82) is 0 Å². The quantitative estimate of drug-likeness (QED) is 0.723. The molecule has 0 bridgehead atoms. The van der Waals surface area contributed by atoms with Gasteiger partial charge < -0.3 is 19.9 Å². The molecule has 2 aliphatic rings. The van der Waals surface area contributed by atoms with Crippen molar-refractivity contribution in [3.63, 3.8) is 0 Å². The van der Waals surface area contributed by atoms with Crippen LogP contribution in [0.15, 0.2) is 42.5 Å². The van der Waals surface area contributed by atoms with Gasteiger partial charge in [0.25, 0.3) is 5.91 Å². The van der Waals surface area contributed by atoms with Crippen LogP contribution in [0.5, 0.6) is 0 Å². The van der Waals surface area contributed by atoms with Gasteiger partial charge in [0.15, 0.2) is 0 Å². The summed E-state index contributed by atoms with van der Waals surface area (Å²) < 4.78 is 4.99. The number of nitrogens with one attached hydrogen (secondary N) is 1. The van der Waals surface area contributed by atoms with E-state index in [9.17, 15) is 19.2 Å². The van der Waals surface area contributed by atoms with Crippen molar-refractivity contribution in [1.82, 2.24) is 15.1 Å². The molecule has 1 unspecified atom stereocenters. The molecule has 2 saturated heterocycles. The highest BCUT2D eigenvalue weighted by atomic mass is 16.6. The molecule has 0 aromatic heterocycles. The molecular formula is C23H26N4O5. The van der Waals surface area contributed by atoms with E-state index in [1.165, 1.54) is 0 Å². The van der Waals surface area contributed by atoms with Gasteiger partial charge in [-0.1, -0.05) is 36.4 Å². The van der Waals surface area contributed by atoms with Gasteiger partial charge in [0.1, 0.15) is 6.04 Å². The Hall–Kier alpha value is -3.62. The first kappa shape index (κ1) is 21.6. The van der Waals surface area contributed by atoms with Gasteiger partial charge in [0.2, 0.25) is 5.91 Å². The second kappa shape index (κ2) is 9.25. The number of benzene rings is 2. The maximum absolute atomic E-state index is 13.0. The zero-order chi connectivity index (χ0) is 22.7. The number of urea groups is 1. The highest BCUT2D eigenvalue weighted by Gasteiger charge is 2.40. The lowest BCUT2D eigenvalue weighted by Crippen LogP contribution is -2.50. The number of anilines is 1. The topological polar surface area (TPSA) is 99.3 Å². The van der Waals surface area contributed by atoms with Crippen LogP contribution in [0.3, 0.4) is 0 Å². The number of nitrogens with zero attached hydrogens (tertiary/aromatic N) is 3. The number of hydrogen-bond donors (Lipinski definition) is 1. The molecule has 9 heteroatoms. The Morgan fingerprint density at radius 2 is 1.69 bits per heavy atom. The van der Waals surface area contributed by atoms with E-state index in [-0.39, 0.29) is 30.7 Å². The maximum Gasteiger partial charge on any atom is 0.409 e. The Kier molecular flexibility index (Phi) is 6.25. The number of carbonyl (C=O) groups excluding carboxylic acids is 4. The smallest absolute Gasteiger partial charge is 0.409 e. The van der Waals surface area contributed by atoms with Crippen LogP contribution < -0.4 is 10.2 Å². The predicted octanol–water partition coefficient (Wildman–Crippen LogP) is 2.35. The molecule has 1 N–H and O–H groups in total. The van der Waals surface area contributed by atoms with Crippen molar-refractivity contribution in [2.45, 2.75) is 25.8 Å². The van der Waals surface area contributed by atoms with Crippen molar-refractivity contribution < 1.29 is 23.9 Å². The molecule has 0 aliphatic carbocycles. The fourth-order valence-electron chi connectivity index (χ4n) is 4.14. The average molecular weight is 438 g/mol. The highest BCUT2D eigenvalue weighted by molar-refractivity contribution is 6.24. The molecule has 2 fully saturated rings. The largest absolute Gasteiger partial charge is 0.450 e. The zero-order valence-corrected chi connectivity index (χ0v) is 18.0. The van der Waals surface area contributed by atoms with Crippen LogP contribution in [-0.4, -0.2) is 72.6 Å². The van der Waals surface area contributed by atoms with Gasteiger partial charge in [0.05, 0.1) is 12.3 Å². The summed E-state index contributed by atoms with van der Waals surface area (Å²) in [5.41, 5.74) is 0.537. The van der Waals surface area contributed by atoms with Crippen molar-refractivity contribution in [2.24, 2.45) is 0 Å². The fraction of sp³-hybridized carbons (Fsp3) is 0.391. The van der Waals surface area contributed by atoms with E-state index in [2.05, 4.69) is 5.32 Å².